The predicted molar refractivity (Wildman–Crippen MR) is 95.6 cm³/mol. The second-order valence-electron chi connectivity index (χ2n) is 6.14. The Morgan fingerprint density at radius 1 is 1.28 bits per heavy atom. The molecule has 0 spiro atoms. The van der Waals surface area contributed by atoms with E-state index in [0.717, 1.165) is 4.88 Å². The number of carbonyl (C=O) groups is 2. The van der Waals surface area contributed by atoms with E-state index in [1.165, 1.54) is 6.07 Å². The van der Waals surface area contributed by atoms with Gasteiger partial charge in [0.15, 0.2) is 0 Å². The zero-order chi connectivity index (χ0) is 17.6. The van der Waals surface area contributed by atoms with Crippen molar-refractivity contribution in [1.82, 2.24) is 10.2 Å². The first-order valence-electron chi connectivity index (χ1n) is 8.48. The fourth-order valence-electron chi connectivity index (χ4n) is 3.08. The van der Waals surface area contributed by atoms with Crippen LogP contribution in [-0.4, -0.2) is 29.3 Å². The summed E-state index contributed by atoms with van der Waals surface area (Å²) in [5.41, 5.74) is 0.659. The number of likely N-dealkylation sites (tertiary alicyclic amines) is 1. The van der Waals surface area contributed by atoms with Gasteiger partial charge in [-0.1, -0.05) is 24.3 Å². The number of halogens is 1. The van der Waals surface area contributed by atoms with Crippen LogP contribution in [0.4, 0.5) is 4.39 Å². The molecule has 2 aromatic rings. The summed E-state index contributed by atoms with van der Waals surface area (Å²) in [4.78, 5) is 27.3. The highest BCUT2D eigenvalue weighted by atomic mass is 32.1. The van der Waals surface area contributed by atoms with Crippen LogP contribution < -0.4 is 5.32 Å². The molecule has 0 radical (unpaired) electrons. The van der Waals surface area contributed by atoms with Gasteiger partial charge < -0.3 is 10.2 Å². The van der Waals surface area contributed by atoms with E-state index in [4.69, 9.17) is 0 Å². The quantitative estimate of drug-likeness (QED) is 0.771. The second kappa shape index (κ2) is 8.25. The molecule has 25 heavy (non-hydrogen) atoms. The molecule has 0 bridgehead atoms. The Labute approximate surface area is 150 Å². The average Bonchev–Trinajstić information content (AvgIpc) is 3.24. The van der Waals surface area contributed by atoms with E-state index in [9.17, 15) is 14.0 Å². The Balaban J connectivity index is 1.48. The smallest absolute Gasteiger partial charge is 0.242 e. The second-order valence-corrected chi connectivity index (χ2v) is 7.17. The Morgan fingerprint density at radius 2 is 2.12 bits per heavy atom. The number of rotatable bonds is 7. The lowest BCUT2D eigenvalue weighted by molar-refractivity contribution is -0.135. The van der Waals surface area contributed by atoms with Crippen molar-refractivity contribution in [2.45, 2.75) is 38.3 Å². The summed E-state index contributed by atoms with van der Waals surface area (Å²) >= 11 is 1.58. The molecule has 0 unspecified atom stereocenters. The fraction of sp³-hybridized carbons (Fsp3) is 0.368. The molecule has 1 aliphatic rings. The Hall–Kier alpha value is -2.21. The zero-order valence-corrected chi connectivity index (χ0v) is 14.7. The van der Waals surface area contributed by atoms with Crippen LogP contribution in [0.5, 0.6) is 0 Å². The molecule has 1 saturated heterocycles. The standard InChI is InChI=1S/C19H21FN2O2S/c20-16-8-2-1-5-14(16)6-3-11-21-19(24)17-9-10-18(23)22(17)13-15-7-4-12-25-15/h1-2,4-5,7-8,12,17H,3,6,9-11,13H2,(H,21,24)/t17-/m0/s1. The van der Waals surface area contributed by atoms with E-state index in [1.807, 2.05) is 23.6 Å². The molecule has 1 N–H and O–H groups in total. The van der Waals surface area contributed by atoms with Crippen molar-refractivity contribution >= 4 is 23.2 Å². The number of thiophene rings is 1. The van der Waals surface area contributed by atoms with E-state index in [1.54, 1.807) is 28.4 Å². The van der Waals surface area contributed by atoms with Crippen LogP contribution in [0.25, 0.3) is 0 Å². The third-order valence-electron chi connectivity index (χ3n) is 4.42. The van der Waals surface area contributed by atoms with E-state index < -0.39 is 6.04 Å². The molecule has 0 aliphatic carbocycles. The minimum atomic E-state index is -0.400. The Morgan fingerprint density at radius 3 is 2.88 bits per heavy atom. The number of nitrogens with one attached hydrogen (secondary N) is 1. The third-order valence-corrected chi connectivity index (χ3v) is 5.28. The first kappa shape index (κ1) is 17.6. The topological polar surface area (TPSA) is 49.4 Å². The van der Waals surface area contributed by atoms with Gasteiger partial charge in [-0.2, -0.15) is 0 Å². The highest BCUT2D eigenvalue weighted by Crippen LogP contribution is 2.23. The number of aryl methyl sites for hydroxylation is 1. The van der Waals surface area contributed by atoms with Crippen LogP contribution in [-0.2, 0) is 22.6 Å². The molecule has 1 fully saturated rings. The lowest BCUT2D eigenvalue weighted by atomic mass is 10.1. The van der Waals surface area contributed by atoms with Gasteiger partial charge in [0.25, 0.3) is 0 Å². The van der Waals surface area contributed by atoms with Gasteiger partial charge in [-0.15, -0.1) is 11.3 Å². The van der Waals surface area contributed by atoms with E-state index in [0.29, 0.717) is 44.3 Å². The summed E-state index contributed by atoms with van der Waals surface area (Å²) in [6.07, 6.45) is 2.22. The highest BCUT2D eigenvalue weighted by Gasteiger charge is 2.35. The molecule has 3 rings (SSSR count). The number of amides is 2. The molecule has 4 nitrogen and oxygen atoms in total. The maximum atomic E-state index is 13.6. The van der Waals surface area contributed by atoms with Crippen molar-refractivity contribution in [2.24, 2.45) is 0 Å². The summed E-state index contributed by atoms with van der Waals surface area (Å²) < 4.78 is 13.6. The summed E-state index contributed by atoms with van der Waals surface area (Å²) in [6, 6.07) is 10.2. The van der Waals surface area contributed by atoms with Crippen molar-refractivity contribution in [3.8, 4) is 0 Å². The van der Waals surface area contributed by atoms with Gasteiger partial charge in [0.05, 0.1) is 6.54 Å². The number of carbonyl (C=O) groups excluding carboxylic acids is 2. The molecule has 2 heterocycles. The molecule has 132 valence electrons. The monoisotopic (exact) mass is 360 g/mol. The van der Waals surface area contributed by atoms with Gasteiger partial charge in [-0.3, -0.25) is 9.59 Å². The zero-order valence-electron chi connectivity index (χ0n) is 13.9. The Kier molecular flexibility index (Phi) is 5.81. The van der Waals surface area contributed by atoms with Gasteiger partial charge in [0.2, 0.25) is 11.8 Å². The van der Waals surface area contributed by atoms with Crippen molar-refractivity contribution < 1.29 is 14.0 Å². The normalized spacial score (nSPS) is 17.1. The van der Waals surface area contributed by atoms with Gasteiger partial charge in [0.1, 0.15) is 11.9 Å². The van der Waals surface area contributed by atoms with Gasteiger partial charge in [-0.25, -0.2) is 4.39 Å². The molecular weight excluding hydrogens is 339 g/mol. The molecule has 1 aromatic heterocycles. The van der Waals surface area contributed by atoms with Crippen LogP contribution in [0.15, 0.2) is 41.8 Å². The number of benzene rings is 1. The number of nitrogens with zero attached hydrogens (tertiary/aromatic N) is 1. The first-order chi connectivity index (χ1) is 12.1. The minimum Gasteiger partial charge on any atom is -0.354 e. The molecule has 1 aromatic carbocycles. The van der Waals surface area contributed by atoms with E-state index in [2.05, 4.69) is 5.32 Å². The van der Waals surface area contributed by atoms with Crippen molar-refractivity contribution in [2.75, 3.05) is 6.54 Å². The van der Waals surface area contributed by atoms with E-state index >= 15 is 0 Å². The van der Waals surface area contributed by atoms with E-state index in [-0.39, 0.29) is 17.6 Å². The van der Waals surface area contributed by atoms with Crippen molar-refractivity contribution in [1.29, 1.82) is 0 Å². The number of hydrogen-bond donors (Lipinski definition) is 1. The molecule has 1 atom stereocenters. The molecule has 0 saturated carbocycles. The van der Waals surface area contributed by atoms with Crippen LogP contribution in [0.1, 0.15) is 29.7 Å². The minimum absolute atomic E-state index is 0.0277. The summed E-state index contributed by atoms with van der Waals surface area (Å²) in [6.45, 7) is 0.967. The molecular formula is C19H21FN2O2S. The SMILES string of the molecule is O=C(NCCCc1ccccc1F)[C@@H]1CCC(=O)N1Cc1cccs1. The van der Waals surface area contributed by atoms with Crippen LogP contribution >= 0.6 is 11.3 Å². The predicted octanol–water partition coefficient (Wildman–Crippen LogP) is 3.13. The van der Waals surface area contributed by atoms with Crippen LogP contribution in [0.2, 0.25) is 0 Å². The van der Waals surface area contributed by atoms with Crippen LogP contribution in [0, 0.1) is 5.82 Å². The molecule has 1 aliphatic heterocycles. The lowest BCUT2D eigenvalue weighted by Crippen LogP contribution is -2.44. The maximum Gasteiger partial charge on any atom is 0.242 e. The van der Waals surface area contributed by atoms with Crippen molar-refractivity contribution in [3.63, 3.8) is 0 Å². The Bertz CT molecular complexity index is 733. The van der Waals surface area contributed by atoms with Gasteiger partial charge >= 0.3 is 0 Å². The van der Waals surface area contributed by atoms with Crippen LogP contribution in [0.3, 0.4) is 0 Å². The first-order valence-corrected chi connectivity index (χ1v) is 9.36. The molecule has 2 amide bonds. The van der Waals surface area contributed by atoms with Crippen molar-refractivity contribution in [3.05, 3.63) is 58.0 Å². The fourth-order valence-corrected chi connectivity index (χ4v) is 3.79. The molecule has 6 heteroatoms. The van der Waals surface area contributed by atoms with Gasteiger partial charge in [-0.05, 0) is 42.3 Å². The largest absolute Gasteiger partial charge is 0.354 e. The lowest BCUT2D eigenvalue weighted by Gasteiger charge is -2.23. The highest BCUT2D eigenvalue weighted by molar-refractivity contribution is 7.09. The summed E-state index contributed by atoms with van der Waals surface area (Å²) in [5.74, 6) is -0.298. The third kappa shape index (κ3) is 4.45. The van der Waals surface area contributed by atoms with Gasteiger partial charge in [0, 0.05) is 17.8 Å². The summed E-state index contributed by atoms with van der Waals surface area (Å²) in [7, 11) is 0. The average molecular weight is 360 g/mol. The number of hydrogen-bond acceptors (Lipinski definition) is 3. The summed E-state index contributed by atoms with van der Waals surface area (Å²) in [5, 5.41) is 4.86. The maximum absolute atomic E-state index is 13.6.